The molecule has 6 rings (SSSR count). The molecule has 10 nitrogen and oxygen atoms in total. The monoisotopic (exact) mass is 882 g/mol. The molecule has 0 amide bonds. The van der Waals surface area contributed by atoms with Gasteiger partial charge in [0.1, 0.15) is 11.1 Å². The van der Waals surface area contributed by atoms with Crippen LogP contribution in [-0.4, -0.2) is 57.5 Å². The molecule has 2 unspecified atom stereocenters. The lowest BCUT2D eigenvalue weighted by Gasteiger charge is -2.61. The van der Waals surface area contributed by atoms with Gasteiger partial charge < -0.3 is 29.9 Å². The number of allylic oxidation sites excluding steroid dienone is 1. The summed E-state index contributed by atoms with van der Waals surface area (Å²) < 4.78 is 10.5. The first-order chi connectivity index (χ1) is 28.8. The maximum atomic E-state index is 12.4. The Bertz CT molecular complexity index is 1920. The minimum atomic E-state index is -1.40. The zero-order valence-electron chi connectivity index (χ0n) is 36.3. The average Bonchev–Trinajstić information content (AvgIpc) is 3.55. The molecular weight excluding hydrogens is 819 g/mol. The van der Waals surface area contributed by atoms with Crippen molar-refractivity contribution in [2.24, 2.45) is 58.2 Å². The molecule has 4 N–H and O–H groups in total. The zero-order valence-corrected chi connectivity index (χ0v) is 37.8. The smallest absolute Gasteiger partial charge is 0.341 e. The van der Waals surface area contributed by atoms with Crippen molar-refractivity contribution in [3.05, 3.63) is 62.6 Å². The number of ether oxygens (including phenoxy) is 2. The third-order valence-electron chi connectivity index (χ3n) is 15.7. The fourth-order valence-corrected chi connectivity index (χ4v) is 13.4. The molecule has 4 aliphatic rings. The van der Waals surface area contributed by atoms with Crippen LogP contribution in [0.4, 0.5) is 0 Å². The molecule has 4 aliphatic carbocycles. The lowest BCUT2D eigenvalue weighted by Crippen LogP contribution is -2.53. The Balaban J connectivity index is 1.22. The molecule has 12 heteroatoms. The number of hydrogen-bond donors (Lipinski definition) is 4. The Kier molecular flexibility index (Phi) is 14.8. The molecule has 334 valence electrons. The summed E-state index contributed by atoms with van der Waals surface area (Å²) in [5.74, 6) is -0.0237. The van der Waals surface area contributed by atoms with E-state index in [1.54, 1.807) is 0 Å². The van der Waals surface area contributed by atoms with Gasteiger partial charge in [0.05, 0.1) is 10.0 Å². The van der Waals surface area contributed by atoms with Crippen LogP contribution in [0.1, 0.15) is 156 Å². The number of fused-ring (bicyclic) bond motifs is 5. The zero-order chi connectivity index (χ0) is 44.4. The van der Waals surface area contributed by atoms with Crippen molar-refractivity contribution in [1.29, 1.82) is 0 Å². The molecule has 0 heterocycles. The molecule has 0 bridgehead atoms. The molecule has 0 saturated heterocycles. The van der Waals surface area contributed by atoms with E-state index in [2.05, 4.69) is 34.6 Å². The highest BCUT2D eigenvalue weighted by molar-refractivity contribution is 6.33. The first kappa shape index (κ1) is 46.7. The Morgan fingerprint density at radius 2 is 1.30 bits per heavy atom. The Morgan fingerprint density at radius 3 is 1.84 bits per heavy atom. The van der Waals surface area contributed by atoms with Crippen LogP contribution in [0, 0.1) is 58.2 Å². The highest BCUT2D eigenvalue weighted by Crippen LogP contribution is 2.69. The Labute approximate surface area is 370 Å². The molecule has 4 saturated carbocycles. The fraction of sp³-hybridized carbons (Fsp3) is 0.633. The molecule has 0 aliphatic heterocycles. The lowest BCUT2D eigenvalue weighted by molar-refractivity contribution is -0.140. The van der Waals surface area contributed by atoms with E-state index in [0.29, 0.717) is 45.8 Å². The van der Waals surface area contributed by atoms with Gasteiger partial charge in [-0.2, -0.15) is 0 Å². The van der Waals surface area contributed by atoms with E-state index in [1.807, 2.05) is 6.08 Å². The number of carbonyl (C=O) groups is 4. The number of aliphatic carboxylic acids is 2. The van der Waals surface area contributed by atoms with E-state index in [0.717, 1.165) is 54.8 Å². The third-order valence-corrected chi connectivity index (χ3v) is 16.3. The number of rotatable bonds is 18. The Morgan fingerprint density at radius 1 is 0.738 bits per heavy atom. The molecule has 0 aromatic heterocycles. The minimum absolute atomic E-state index is 0.137. The second kappa shape index (κ2) is 19.3. The van der Waals surface area contributed by atoms with E-state index >= 15 is 0 Å². The van der Waals surface area contributed by atoms with Gasteiger partial charge in [-0.1, -0.05) is 83.2 Å². The number of hydrogen-bond acceptors (Lipinski definition) is 6. The van der Waals surface area contributed by atoms with Gasteiger partial charge in [-0.25, -0.2) is 19.2 Å². The molecular formula is C49H64Cl2O10. The predicted octanol–water partition coefficient (Wildman–Crippen LogP) is 12.3. The van der Waals surface area contributed by atoms with Crippen LogP contribution in [0.25, 0.3) is 5.57 Å². The summed E-state index contributed by atoms with van der Waals surface area (Å²) >= 11 is 13.1. The van der Waals surface area contributed by atoms with Crippen LogP contribution in [-0.2, 0) is 9.59 Å². The van der Waals surface area contributed by atoms with Crippen LogP contribution in [0.15, 0.2) is 30.3 Å². The van der Waals surface area contributed by atoms with Gasteiger partial charge in [-0.05, 0) is 170 Å². The first-order valence-corrected chi connectivity index (χ1v) is 23.1. The topological polar surface area (TPSA) is 168 Å². The summed E-state index contributed by atoms with van der Waals surface area (Å²) in [4.78, 5) is 47.4. The van der Waals surface area contributed by atoms with Gasteiger partial charge in [0, 0.05) is 0 Å². The molecule has 2 aromatic carbocycles. The molecule has 0 radical (unpaired) electrons. The standard InChI is InChI=1S/C49H64Cl2O10/c1-27(2)8-6-9-28(3)37-14-15-38-34-13-12-32-20-29(16-18-48(32,4)39(34)17-19-49(37,38)5)10-7-11-33(30-21-35(46(56)57)44(40(50)23-30)60-25-42(52)53)31-22-36(47(58)59)45(41(51)24-31)61-26-43(54)55/h11,21-24,27-29,32,34,37-39H,6-10,12-20,25-26H2,1-5H3,(H,52,53)(H,54,55)(H,56,57)(H,58,59)/t28-,29?,32?,34+,37-,38+,39+,48+,49-/m1/s1. The normalized spacial score (nSPS) is 28.5. The summed E-state index contributed by atoms with van der Waals surface area (Å²) in [5, 5.41) is 38.4. The van der Waals surface area contributed by atoms with Gasteiger partial charge in [0.15, 0.2) is 24.7 Å². The van der Waals surface area contributed by atoms with Crippen molar-refractivity contribution < 1.29 is 49.1 Å². The quantitative estimate of drug-likeness (QED) is 0.113. The second-order valence-corrected chi connectivity index (χ2v) is 20.5. The third kappa shape index (κ3) is 10.1. The average molecular weight is 884 g/mol. The van der Waals surface area contributed by atoms with Crippen molar-refractivity contribution in [2.75, 3.05) is 13.2 Å². The summed E-state index contributed by atoms with van der Waals surface area (Å²) in [5.41, 5.74) is 1.19. The maximum absolute atomic E-state index is 12.4. The first-order valence-electron chi connectivity index (χ1n) is 22.4. The van der Waals surface area contributed by atoms with Gasteiger partial charge >= 0.3 is 23.9 Å². The van der Waals surface area contributed by atoms with Gasteiger partial charge in [0.2, 0.25) is 0 Å². The highest BCUT2D eigenvalue weighted by atomic mass is 35.5. The van der Waals surface area contributed by atoms with E-state index in [1.165, 1.54) is 88.5 Å². The number of carboxylic acids is 4. The lowest BCUT2D eigenvalue weighted by atomic mass is 9.44. The van der Waals surface area contributed by atoms with Crippen LogP contribution < -0.4 is 9.47 Å². The fourth-order valence-electron chi connectivity index (χ4n) is 12.9. The van der Waals surface area contributed by atoms with Crippen molar-refractivity contribution >= 4 is 52.7 Å². The van der Waals surface area contributed by atoms with Crippen LogP contribution in [0.2, 0.25) is 10.0 Å². The van der Waals surface area contributed by atoms with Crippen LogP contribution in [0.3, 0.4) is 0 Å². The maximum Gasteiger partial charge on any atom is 0.341 e. The molecule has 0 spiro atoms. The predicted molar refractivity (Wildman–Crippen MR) is 236 cm³/mol. The van der Waals surface area contributed by atoms with Crippen molar-refractivity contribution in [3.8, 4) is 11.5 Å². The minimum Gasteiger partial charge on any atom is -0.479 e. The molecule has 61 heavy (non-hydrogen) atoms. The number of carboxylic acid groups (broad SMARTS) is 4. The second-order valence-electron chi connectivity index (χ2n) is 19.7. The van der Waals surface area contributed by atoms with E-state index in [4.69, 9.17) is 32.7 Å². The van der Waals surface area contributed by atoms with Gasteiger partial charge in [-0.3, -0.25) is 0 Å². The Hall–Kier alpha value is -3.76. The van der Waals surface area contributed by atoms with Crippen molar-refractivity contribution in [1.82, 2.24) is 0 Å². The van der Waals surface area contributed by atoms with Crippen molar-refractivity contribution in [3.63, 3.8) is 0 Å². The highest BCUT2D eigenvalue weighted by Gasteiger charge is 2.60. The van der Waals surface area contributed by atoms with Crippen molar-refractivity contribution in [2.45, 2.75) is 125 Å². The number of benzene rings is 2. The van der Waals surface area contributed by atoms with E-state index < -0.39 is 37.1 Å². The molecule has 9 atom stereocenters. The molecule has 2 aromatic rings. The largest absolute Gasteiger partial charge is 0.479 e. The summed E-state index contributed by atoms with van der Waals surface area (Å²) in [6.07, 6.45) is 19.0. The van der Waals surface area contributed by atoms with Crippen LogP contribution in [0.5, 0.6) is 11.5 Å². The SMILES string of the molecule is CC(C)CCC[C@@H](C)[C@H]1CC[C@H]2[C@@H]3CCC4CC(CCC=C(c5cc(Cl)c(OCC(=O)O)c(C(=O)O)c5)c5cc(Cl)c(OCC(=O)O)c(C(=O)O)c5)CC[C@]4(C)[C@H]3CC[C@]12C. The number of halogens is 2. The summed E-state index contributed by atoms with van der Waals surface area (Å²) in [7, 11) is 0. The van der Waals surface area contributed by atoms with Gasteiger partial charge in [-0.15, -0.1) is 0 Å². The van der Waals surface area contributed by atoms with Crippen LogP contribution >= 0.6 is 23.2 Å². The summed E-state index contributed by atoms with van der Waals surface area (Å²) in [6.45, 7) is 10.9. The summed E-state index contributed by atoms with van der Waals surface area (Å²) in [6, 6.07) is 5.56. The number of aromatic carboxylic acids is 2. The van der Waals surface area contributed by atoms with Gasteiger partial charge in [0.25, 0.3) is 0 Å². The van der Waals surface area contributed by atoms with E-state index in [-0.39, 0.29) is 32.7 Å². The van der Waals surface area contributed by atoms with E-state index in [9.17, 15) is 39.6 Å². The molecule has 4 fully saturated rings.